The SMILES string of the molecule is CC(=O)N1N=C(c2ccc(Cl)cc2)C[C@@H]1c1ccc2cccnc2c1. The van der Waals surface area contributed by atoms with E-state index in [2.05, 4.69) is 10.1 Å². The van der Waals surface area contributed by atoms with Crippen molar-refractivity contribution < 1.29 is 4.79 Å². The zero-order valence-electron chi connectivity index (χ0n) is 13.7. The minimum Gasteiger partial charge on any atom is -0.273 e. The Morgan fingerprint density at radius 2 is 1.96 bits per heavy atom. The van der Waals surface area contributed by atoms with Gasteiger partial charge in [0, 0.05) is 30.0 Å². The molecule has 4 nitrogen and oxygen atoms in total. The van der Waals surface area contributed by atoms with Crippen molar-refractivity contribution in [2.75, 3.05) is 0 Å². The van der Waals surface area contributed by atoms with Crippen LogP contribution in [-0.2, 0) is 4.79 Å². The second kappa shape index (κ2) is 6.30. The molecule has 0 radical (unpaired) electrons. The fourth-order valence-corrected chi connectivity index (χ4v) is 3.29. The maximum Gasteiger partial charge on any atom is 0.240 e. The van der Waals surface area contributed by atoms with Crippen LogP contribution in [0.5, 0.6) is 0 Å². The van der Waals surface area contributed by atoms with Crippen LogP contribution >= 0.6 is 11.6 Å². The summed E-state index contributed by atoms with van der Waals surface area (Å²) in [6, 6.07) is 17.5. The molecule has 1 amide bonds. The fraction of sp³-hybridized carbons (Fsp3) is 0.150. The number of pyridine rings is 1. The molecule has 1 atom stereocenters. The van der Waals surface area contributed by atoms with Crippen molar-refractivity contribution in [3.63, 3.8) is 0 Å². The second-order valence-electron chi connectivity index (χ2n) is 6.09. The first-order valence-electron chi connectivity index (χ1n) is 8.10. The Balaban J connectivity index is 1.71. The van der Waals surface area contributed by atoms with Crippen LogP contribution in [0.25, 0.3) is 10.9 Å². The van der Waals surface area contributed by atoms with Gasteiger partial charge in [0.25, 0.3) is 0 Å². The molecule has 1 aromatic heterocycles. The smallest absolute Gasteiger partial charge is 0.240 e. The molecule has 0 N–H and O–H groups in total. The molecule has 3 aromatic rings. The van der Waals surface area contributed by atoms with E-state index in [-0.39, 0.29) is 11.9 Å². The maximum absolute atomic E-state index is 12.1. The van der Waals surface area contributed by atoms with Gasteiger partial charge in [0.05, 0.1) is 17.3 Å². The predicted octanol–water partition coefficient (Wildman–Crippen LogP) is 4.59. The molecule has 124 valence electrons. The van der Waals surface area contributed by atoms with Gasteiger partial charge in [0.2, 0.25) is 5.91 Å². The lowest BCUT2D eigenvalue weighted by Gasteiger charge is -2.20. The molecule has 0 bridgehead atoms. The van der Waals surface area contributed by atoms with Crippen molar-refractivity contribution in [1.82, 2.24) is 9.99 Å². The number of rotatable bonds is 2. The number of carbonyl (C=O) groups excluding carboxylic acids is 1. The number of hydrazone groups is 1. The second-order valence-corrected chi connectivity index (χ2v) is 6.53. The summed E-state index contributed by atoms with van der Waals surface area (Å²) in [6.45, 7) is 1.54. The van der Waals surface area contributed by atoms with Gasteiger partial charge in [-0.25, -0.2) is 5.01 Å². The van der Waals surface area contributed by atoms with Crippen LogP contribution in [0.1, 0.15) is 30.5 Å². The highest BCUT2D eigenvalue weighted by atomic mass is 35.5. The quantitative estimate of drug-likeness (QED) is 0.679. The molecule has 5 heteroatoms. The molecule has 2 heterocycles. The van der Waals surface area contributed by atoms with E-state index in [0.717, 1.165) is 27.7 Å². The van der Waals surface area contributed by atoms with E-state index < -0.39 is 0 Å². The summed E-state index contributed by atoms with van der Waals surface area (Å²) < 4.78 is 0. The molecule has 0 saturated carbocycles. The van der Waals surface area contributed by atoms with Gasteiger partial charge in [-0.15, -0.1) is 0 Å². The number of hydrogen-bond acceptors (Lipinski definition) is 3. The van der Waals surface area contributed by atoms with Crippen molar-refractivity contribution in [3.05, 3.63) is 76.9 Å². The van der Waals surface area contributed by atoms with Crippen molar-refractivity contribution in [1.29, 1.82) is 0 Å². The van der Waals surface area contributed by atoms with Gasteiger partial charge in [-0.05, 0) is 35.4 Å². The van der Waals surface area contributed by atoms with E-state index in [4.69, 9.17) is 11.6 Å². The average Bonchev–Trinajstić information content (AvgIpc) is 3.07. The van der Waals surface area contributed by atoms with E-state index in [9.17, 15) is 4.79 Å². The molecule has 0 aliphatic carbocycles. The first kappa shape index (κ1) is 15.8. The Morgan fingerprint density at radius 1 is 1.16 bits per heavy atom. The summed E-state index contributed by atoms with van der Waals surface area (Å²) >= 11 is 5.97. The zero-order valence-corrected chi connectivity index (χ0v) is 14.4. The number of halogens is 1. The molecule has 4 rings (SSSR count). The number of nitrogens with zero attached hydrogens (tertiary/aromatic N) is 3. The van der Waals surface area contributed by atoms with E-state index in [1.165, 1.54) is 0 Å². The number of benzene rings is 2. The van der Waals surface area contributed by atoms with E-state index in [1.54, 1.807) is 18.1 Å². The Morgan fingerprint density at radius 3 is 2.72 bits per heavy atom. The number of aromatic nitrogens is 1. The third-order valence-corrected chi connectivity index (χ3v) is 4.68. The highest BCUT2D eigenvalue weighted by Crippen LogP contribution is 2.34. The number of amides is 1. The van der Waals surface area contributed by atoms with E-state index >= 15 is 0 Å². The molecule has 0 unspecified atom stereocenters. The first-order chi connectivity index (χ1) is 12.1. The molecule has 0 saturated heterocycles. The van der Waals surface area contributed by atoms with Gasteiger partial charge in [-0.1, -0.05) is 41.9 Å². The van der Waals surface area contributed by atoms with Crippen LogP contribution < -0.4 is 0 Å². The van der Waals surface area contributed by atoms with E-state index in [1.807, 2.05) is 54.6 Å². The highest BCUT2D eigenvalue weighted by molar-refractivity contribution is 6.30. The van der Waals surface area contributed by atoms with E-state index in [0.29, 0.717) is 11.4 Å². The highest BCUT2D eigenvalue weighted by Gasteiger charge is 2.31. The van der Waals surface area contributed by atoms with Gasteiger partial charge in [-0.2, -0.15) is 5.10 Å². The van der Waals surface area contributed by atoms with Crippen LogP contribution in [0.4, 0.5) is 0 Å². The largest absolute Gasteiger partial charge is 0.273 e. The zero-order chi connectivity index (χ0) is 17.4. The topological polar surface area (TPSA) is 45.6 Å². The van der Waals surface area contributed by atoms with Gasteiger partial charge in [0.1, 0.15) is 0 Å². The Kier molecular flexibility index (Phi) is 3.98. The minimum absolute atomic E-state index is 0.0740. The Hall–Kier alpha value is -2.72. The lowest BCUT2D eigenvalue weighted by molar-refractivity contribution is -0.130. The molecule has 1 aliphatic heterocycles. The van der Waals surface area contributed by atoms with Crippen LogP contribution in [0, 0.1) is 0 Å². The van der Waals surface area contributed by atoms with Gasteiger partial charge >= 0.3 is 0 Å². The predicted molar refractivity (Wildman–Crippen MR) is 99.6 cm³/mol. The van der Waals surface area contributed by atoms with Crippen LogP contribution in [0.3, 0.4) is 0 Å². The van der Waals surface area contributed by atoms with Crippen LogP contribution in [0.2, 0.25) is 5.02 Å². The fourth-order valence-electron chi connectivity index (χ4n) is 3.17. The van der Waals surface area contributed by atoms with Crippen LogP contribution in [-0.4, -0.2) is 21.6 Å². The molecular weight excluding hydrogens is 334 g/mol. The standard InChI is InChI=1S/C20H16ClN3O/c1-13(25)24-20(12-19(23-24)15-6-8-17(21)9-7-15)16-5-4-14-3-2-10-22-18(14)11-16/h2-11,20H,12H2,1H3/t20-/m1/s1. The summed E-state index contributed by atoms with van der Waals surface area (Å²) in [5, 5.41) is 7.89. The summed E-state index contributed by atoms with van der Waals surface area (Å²) in [5.41, 5.74) is 3.83. The lowest BCUT2D eigenvalue weighted by Crippen LogP contribution is -2.24. The van der Waals surface area contributed by atoms with Crippen molar-refractivity contribution in [2.24, 2.45) is 5.10 Å². The first-order valence-corrected chi connectivity index (χ1v) is 8.47. The summed E-state index contributed by atoms with van der Waals surface area (Å²) in [4.78, 5) is 16.5. The summed E-state index contributed by atoms with van der Waals surface area (Å²) in [5.74, 6) is -0.0740. The lowest BCUT2D eigenvalue weighted by atomic mass is 9.97. The van der Waals surface area contributed by atoms with Crippen molar-refractivity contribution in [2.45, 2.75) is 19.4 Å². The monoisotopic (exact) mass is 349 g/mol. The summed E-state index contributed by atoms with van der Waals surface area (Å²) in [6.07, 6.45) is 2.44. The number of hydrogen-bond donors (Lipinski definition) is 0. The van der Waals surface area contributed by atoms with Crippen molar-refractivity contribution >= 4 is 34.1 Å². The molecule has 2 aromatic carbocycles. The Bertz CT molecular complexity index is 982. The summed E-state index contributed by atoms with van der Waals surface area (Å²) in [7, 11) is 0. The number of carbonyl (C=O) groups is 1. The van der Waals surface area contributed by atoms with Crippen molar-refractivity contribution in [3.8, 4) is 0 Å². The van der Waals surface area contributed by atoms with Gasteiger partial charge in [-0.3, -0.25) is 9.78 Å². The minimum atomic E-state index is -0.116. The molecule has 25 heavy (non-hydrogen) atoms. The normalized spacial score (nSPS) is 17.0. The molecule has 0 fully saturated rings. The third kappa shape index (κ3) is 3.01. The average molecular weight is 350 g/mol. The third-order valence-electron chi connectivity index (χ3n) is 4.43. The molecule has 1 aliphatic rings. The number of fused-ring (bicyclic) bond motifs is 1. The van der Waals surface area contributed by atoms with Gasteiger partial charge < -0.3 is 0 Å². The van der Waals surface area contributed by atoms with Crippen LogP contribution in [0.15, 0.2) is 65.9 Å². The molecule has 0 spiro atoms. The maximum atomic E-state index is 12.1. The Labute approximate surface area is 150 Å². The molecular formula is C20H16ClN3O. The van der Waals surface area contributed by atoms with Gasteiger partial charge in [0.15, 0.2) is 0 Å².